The van der Waals surface area contributed by atoms with Crippen molar-refractivity contribution >= 4 is 33.6 Å². The van der Waals surface area contributed by atoms with Crippen LogP contribution in [0.15, 0.2) is 16.6 Å². The maximum absolute atomic E-state index is 12.0. The first kappa shape index (κ1) is 14.8. The molecule has 1 aliphatic carbocycles. The van der Waals surface area contributed by atoms with Gasteiger partial charge in [-0.1, -0.05) is 6.07 Å². The first-order valence-electron chi connectivity index (χ1n) is 6.43. The van der Waals surface area contributed by atoms with Crippen LogP contribution in [0.1, 0.15) is 30.4 Å². The van der Waals surface area contributed by atoms with Crippen LogP contribution >= 0.6 is 15.9 Å². The molecule has 6 heteroatoms. The van der Waals surface area contributed by atoms with Crippen LogP contribution in [0.3, 0.4) is 0 Å². The topological polar surface area (TPSA) is 78.4 Å². The van der Waals surface area contributed by atoms with E-state index in [4.69, 9.17) is 0 Å². The second-order valence-corrected chi connectivity index (χ2v) is 6.11. The van der Waals surface area contributed by atoms with E-state index in [0.29, 0.717) is 18.5 Å². The molecule has 1 saturated carbocycles. The molecule has 0 atom stereocenters. The molecule has 3 N–H and O–H groups in total. The minimum Gasteiger partial charge on any atom is -0.480 e. The lowest BCUT2D eigenvalue weighted by Crippen LogP contribution is -2.60. The summed E-state index contributed by atoms with van der Waals surface area (Å²) >= 11 is 3.41. The van der Waals surface area contributed by atoms with Gasteiger partial charge >= 0.3 is 12.0 Å². The summed E-state index contributed by atoms with van der Waals surface area (Å²) in [4.78, 5) is 23.2. The molecule has 20 heavy (non-hydrogen) atoms. The Bertz CT molecular complexity index is 545. The highest BCUT2D eigenvalue weighted by Gasteiger charge is 2.45. The molecule has 0 aromatic heterocycles. The average Bonchev–Trinajstić information content (AvgIpc) is 2.28. The van der Waals surface area contributed by atoms with Crippen molar-refractivity contribution in [3.05, 3.63) is 27.7 Å². The quantitative estimate of drug-likeness (QED) is 0.790. The molecule has 1 fully saturated rings. The fourth-order valence-electron chi connectivity index (χ4n) is 2.36. The Hall–Kier alpha value is -1.56. The van der Waals surface area contributed by atoms with E-state index in [2.05, 4.69) is 26.6 Å². The summed E-state index contributed by atoms with van der Waals surface area (Å²) in [6, 6.07) is 3.37. The zero-order valence-electron chi connectivity index (χ0n) is 11.4. The minimum absolute atomic E-state index is 0.476. The Morgan fingerprint density at radius 2 is 1.95 bits per heavy atom. The van der Waals surface area contributed by atoms with Crippen molar-refractivity contribution in [1.29, 1.82) is 0 Å². The van der Waals surface area contributed by atoms with Gasteiger partial charge in [0.15, 0.2) is 0 Å². The Morgan fingerprint density at radius 3 is 2.40 bits per heavy atom. The van der Waals surface area contributed by atoms with Crippen LogP contribution in [-0.4, -0.2) is 22.6 Å². The monoisotopic (exact) mass is 340 g/mol. The standard InChI is InChI=1S/C14H17BrN2O3/c1-8-6-9(2)11(10(15)7-8)16-13(20)17-14(12(18)19)4-3-5-14/h6-7H,3-5H2,1-2H3,(H,18,19)(H2,16,17,20). The van der Waals surface area contributed by atoms with E-state index < -0.39 is 17.5 Å². The van der Waals surface area contributed by atoms with E-state index in [1.807, 2.05) is 26.0 Å². The van der Waals surface area contributed by atoms with Crippen LogP contribution in [0.25, 0.3) is 0 Å². The fraction of sp³-hybridized carbons (Fsp3) is 0.429. The number of rotatable bonds is 3. The van der Waals surface area contributed by atoms with Crippen molar-refractivity contribution in [2.75, 3.05) is 5.32 Å². The lowest BCUT2D eigenvalue weighted by molar-refractivity contribution is -0.148. The average molecular weight is 341 g/mol. The number of carboxylic acids is 1. The number of halogens is 1. The van der Waals surface area contributed by atoms with E-state index in [9.17, 15) is 14.7 Å². The zero-order chi connectivity index (χ0) is 14.9. The number of benzene rings is 1. The number of aryl methyl sites for hydroxylation is 2. The van der Waals surface area contributed by atoms with E-state index in [0.717, 1.165) is 22.0 Å². The maximum atomic E-state index is 12.0. The molecule has 0 saturated heterocycles. The summed E-state index contributed by atoms with van der Waals surface area (Å²) < 4.78 is 0.781. The summed E-state index contributed by atoms with van der Waals surface area (Å²) in [6.07, 6.45) is 1.77. The number of carboxylic acid groups (broad SMARTS) is 1. The minimum atomic E-state index is -1.10. The largest absolute Gasteiger partial charge is 0.480 e. The van der Waals surface area contributed by atoms with Gasteiger partial charge in [0.05, 0.1) is 5.69 Å². The third-order valence-corrected chi connectivity index (χ3v) is 4.26. The number of aliphatic carboxylic acids is 1. The Morgan fingerprint density at radius 1 is 1.30 bits per heavy atom. The van der Waals surface area contributed by atoms with Crippen LogP contribution in [0.4, 0.5) is 10.5 Å². The van der Waals surface area contributed by atoms with Crippen molar-refractivity contribution in [3.63, 3.8) is 0 Å². The van der Waals surface area contributed by atoms with Crippen molar-refractivity contribution in [2.45, 2.75) is 38.6 Å². The highest BCUT2D eigenvalue weighted by Crippen LogP contribution is 2.33. The number of carbonyl (C=O) groups is 2. The van der Waals surface area contributed by atoms with Gasteiger partial charge in [-0.3, -0.25) is 0 Å². The van der Waals surface area contributed by atoms with Crippen molar-refractivity contribution in [3.8, 4) is 0 Å². The second-order valence-electron chi connectivity index (χ2n) is 5.26. The van der Waals surface area contributed by atoms with Crippen molar-refractivity contribution in [1.82, 2.24) is 5.32 Å². The Labute approximate surface area is 125 Å². The van der Waals surface area contributed by atoms with E-state index in [1.165, 1.54) is 0 Å². The summed E-state index contributed by atoms with van der Waals surface area (Å²) in [5.74, 6) is -0.974. The number of hydrogen-bond acceptors (Lipinski definition) is 2. The van der Waals surface area contributed by atoms with Crippen molar-refractivity contribution in [2.24, 2.45) is 0 Å². The number of nitrogens with one attached hydrogen (secondary N) is 2. The molecular weight excluding hydrogens is 324 g/mol. The van der Waals surface area contributed by atoms with Gasteiger partial charge in [0.2, 0.25) is 0 Å². The first-order valence-corrected chi connectivity index (χ1v) is 7.23. The highest BCUT2D eigenvalue weighted by molar-refractivity contribution is 9.10. The Kier molecular flexibility index (Phi) is 4.04. The van der Waals surface area contributed by atoms with Crippen molar-refractivity contribution < 1.29 is 14.7 Å². The zero-order valence-corrected chi connectivity index (χ0v) is 13.0. The number of carbonyl (C=O) groups excluding carboxylic acids is 1. The number of hydrogen-bond donors (Lipinski definition) is 3. The molecule has 2 amide bonds. The van der Waals surface area contributed by atoms with Gasteiger partial charge < -0.3 is 15.7 Å². The molecule has 1 aliphatic rings. The lowest BCUT2D eigenvalue weighted by atomic mass is 9.77. The van der Waals surface area contributed by atoms with E-state index in [-0.39, 0.29) is 0 Å². The van der Waals surface area contributed by atoms with Gasteiger partial charge in [0.25, 0.3) is 0 Å². The van der Waals surface area contributed by atoms with Gasteiger partial charge in [-0.15, -0.1) is 0 Å². The predicted octanol–water partition coefficient (Wildman–Crippen LogP) is 3.19. The molecule has 2 rings (SSSR count). The number of amides is 2. The van der Waals surface area contributed by atoms with Gasteiger partial charge in [0.1, 0.15) is 5.54 Å². The van der Waals surface area contributed by atoms with Gasteiger partial charge in [-0.05, 0) is 66.2 Å². The molecule has 108 valence electrons. The fourth-order valence-corrected chi connectivity index (χ4v) is 3.13. The Balaban J connectivity index is 2.11. The van der Waals surface area contributed by atoms with E-state index in [1.54, 1.807) is 0 Å². The molecule has 1 aromatic carbocycles. The summed E-state index contributed by atoms with van der Waals surface area (Å²) in [6.45, 7) is 3.86. The molecule has 5 nitrogen and oxygen atoms in total. The molecule has 0 radical (unpaired) electrons. The van der Waals surface area contributed by atoms with Gasteiger partial charge in [0, 0.05) is 4.47 Å². The van der Waals surface area contributed by atoms with Crippen LogP contribution in [-0.2, 0) is 4.79 Å². The summed E-state index contributed by atoms with van der Waals surface area (Å²) in [5.41, 5.74) is 1.56. The SMILES string of the molecule is Cc1cc(C)c(NC(=O)NC2(C(=O)O)CCC2)c(Br)c1. The van der Waals surface area contributed by atoms with Crippen LogP contribution < -0.4 is 10.6 Å². The van der Waals surface area contributed by atoms with Gasteiger partial charge in [-0.25, -0.2) is 9.59 Å². The molecule has 1 aromatic rings. The van der Waals surface area contributed by atoms with Gasteiger partial charge in [-0.2, -0.15) is 0 Å². The van der Waals surface area contributed by atoms with Crippen LogP contribution in [0.2, 0.25) is 0 Å². The predicted molar refractivity (Wildman–Crippen MR) is 80.0 cm³/mol. The third kappa shape index (κ3) is 2.80. The smallest absolute Gasteiger partial charge is 0.329 e. The molecule has 0 unspecified atom stereocenters. The number of anilines is 1. The molecule has 0 bridgehead atoms. The lowest BCUT2D eigenvalue weighted by Gasteiger charge is -2.38. The normalized spacial score (nSPS) is 16.1. The molecule has 0 aliphatic heterocycles. The third-order valence-electron chi connectivity index (χ3n) is 3.64. The maximum Gasteiger partial charge on any atom is 0.329 e. The number of urea groups is 1. The molecule has 0 spiro atoms. The first-order chi connectivity index (χ1) is 9.34. The highest BCUT2D eigenvalue weighted by atomic mass is 79.9. The summed E-state index contributed by atoms with van der Waals surface area (Å²) in [7, 11) is 0. The molecule has 0 heterocycles. The van der Waals surface area contributed by atoms with Crippen LogP contribution in [0.5, 0.6) is 0 Å². The molecular formula is C14H17BrN2O3. The second kappa shape index (κ2) is 5.44. The summed E-state index contributed by atoms with van der Waals surface area (Å²) in [5, 5.41) is 14.5. The van der Waals surface area contributed by atoms with Crippen LogP contribution in [0, 0.1) is 13.8 Å². The van der Waals surface area contributed by atoms with E-state index >= 15 is 0 Å².